The molecule has 25 heavy (non-hydrogen) atoms. The summed E-state index contributed by atoms with van der Waals surface area (Å²) in [7, 11) is 0. The Labute approximate surface area is 144 Å². The first-order valence-electron chi connectivity index (χ1n) is 7.83. The first kappa shape index (κ1) is 16.7. The number of benzene rings is 2. The first-order valence-corrected chi connectivity index (χ1v) is 7.83. The summed E-state index contributed by atoms with van der Waals surface area (Å²) in [5.74, 6) is -1.27. The molecule has 0 unspecified atom stereocenters. The van der Waals surface area contributed by atoms with Crippen LogP contribution in [0.1, 0.15) is 28.5 Å². The zero-order valence-electron chi connectivity index (χ0n) is 14.2. The molecule has 2 aromatic carbocycles. The molecule has 5 nitrogen and oxygen atoms in total. The van der Waals surface area contributed by atoms with Crippen LogP contribution < -0.4 is 10.6 Å². The highest BCUT2D eigenvalue weighted by Gasteiger charge is 2.16. The molecule has 0 aliphatic heterocycles. The zero-order chi connectivity index (χ0) is 18.1. The Bertz CT molecular complexity index is 992. The second-order valence-electron chi connectivity index (χ2n) is 5.93. The van der Waals surface area contributed by atoms with Gasteiger partial charge in [-0.05, 0) is 43.7 Å². The van der Waals surface area contributed by atoms with Gasteiger partial charge in [-0.2, -0.15) is 0 Å². The van der Waals surface area contributed by atoms with E-state index in [2.05, 4.69) is 15.6 Å². The SMILES string of the molecule is CC(=O)Nc1ccc(F)c(NC(=O)c2cccc3c(C)c(C)[nH]c23)c1. The van der Waals surface area contributed by atoms with Crippen LogP contribution in [0, 0.1) is 19.7 Å². The van der Waals surface area contributed by atoms with Gasteiger partial charge in [0, 0.05) is 23.7 Å². The molecule has 0 aliphatic rings. The molecule has 2 amide bonds. The van der Waals surface area contributed by atoms with E-state index in [9.17, 15) is 14.0 Å². The third kappa shape index (κ3) is 3.24. The number of aryl methyl sites for hydroxylation is 2. The fourth-order valence-corrected chi connectivity index (χ4v) is 2.76. The summed E-state index contributed by atoms with van der Waals surface area (Å²) in [6.07, 6.45) is 0. The standard InChI is InChI=1S/C19H18FN3O2/c1-10-11(2)21-18-14(10)5-4-6-15(18)19(25)23-17-9-13(22-12(3)24)7-8-16(17)20/h4-9,21H,1-3H3,(H,22,24)(H,23,25). The van der Waals surface area contributed by atoms with E-state index < -0.39 is 11.7 Å². The molecule has 0 spiro atoms. The van der Waals surface area contributed by atoms with Crippen molar-refractivity contribution in [3.63, 3.8) is 0 Å². The number of carbonyl (C=O) groups excluding carboxylic acids is 2. The second kappa shape index (κ2) is 6.39. The van der Waals surface area contributed by atoms with Crippen LogP contribution in [-0.4, -0.2) is 16.8 Å². The van der Waals surface area contributed by atoms with Gasteiger partial charge in [0.1, 0.15) is 5.82 Å². The fourth-order valence-electron chi connectivity index (χ4n) is 2.76. The van der Waals surface area contributed by atoms with Gasteiger partial charge in [-0.3, -0.25) is 9.59 Å². The molecule has 0 radical (unpaired) electrons. The van der Waals surface area contributed by atoms with Crippen molar-refractivity contribution in [2.24, 2.45) is 0 Å². The lowest BCUT2D eigenvalue weighted by molar-refractivity contribution is -0.114. The number of para-hydroxylation sites is 1. The van der Waals surface area contributed by atoms with Crippen LogP contribution in [0.5, 0.6) is 0 Å². The average molecular weight is 339 g/mol. The number of anilines is 2. The van der Waals surface area contributed by atoms with E-state index in [-0.39, 0.29) is 11.6 Å². The molecule has 3 aromatic rings. The van der Waals surface area contributed by atoms with E-state index in [0.29, 0.717) is 16.8 Å². The van der Waals surface area contributed by atoms with E-state index in [1.165, 1.54) is 25.1 Å². The Kier molecular flexibility index (Phi) is 4.27. The van der Waals surface area contributed by atoms with Crippen LogP contribution in [0.15, 0.2) is 36.4 Å². The van der Waals surface area contributed by atoms with E-state index in [1.54, 1.807) is 12.1 Å². The number of aromatic amines is 1. The molecule has 6 heteroatoms. The minimum atomic E-state index is -0.575. The summed E-state index contributed by atoms with van der Waals surface area (Å²) in [6.45, 7) is 5.28. The van der Waals surface area contributed by atoms with Crippen molar-refractivity contribution in [3.05, 3.63) is 59.0 Å². The van der Waals surface area contributed by atoms with Crippen molar-refractivity contribution in [1.29, 1.82) is 0 Å². The van der Waals surface area contributed by atoms with E-state index >= 15 is 0 Å². The summed E-state index contributed by atoms with van der Waals surface area (Å²) in [5.41, 5.74) is 3.62. The van der Waals surface area contributed by atoms with Crippen LogP contribution >= 0.6 is 0 Å². The highest BCUT2D eigenvalue weighted by Crippen LogP contribution is 2.26. The van der Waals surface area contributed by atoms with E-state index in [0.717, 1.165) is 16.6 Å². The normalized spacial score (nSPS) is 10.7. The molecule has 0 saturated heterocycles. The van der Waals surface area contributed by atoms with Crippen molar-refractivity contribution in [1.82, 2.24) is 4.98 Å². The highest BCUT2D eigenvalue weighted by molar-refractivity contribution is 6.12. The molecular weight excluding hydrogens is 321 g/mol. The van der Waals surface area contributed by atoms with Crippen molar-refractivity contribution >= 4 is 34.1 Å². The van der Waals surface area contributed by atoms with Gasteiger partial charge in [0.25, 0.3) is 5.91 Å². The van der Waals surface area contributed by atoms with Gasteiger partial charge < -0.3 is 15.6 Å². The molecule has 128 valence electrons. The molecule has 0 bridgehead atoms. The molecular formula is C19H18FN3O2. The average Bonchev–Trinajstić information content (AvgIpc) is 2.85. The largest absolute Gasteiger partial charge is 0.358 e. The summed E-state index contributed by atoms with van der Waals surface area (Å²) in [4.78, 5) is 27.0. The van der Waals surface area contributed by atoms with Gasteiger partial charge in [-0.15, -0.1) is 0 Å². The van der Waals surface area contributed by atoms with Crippen LogP contribution in [0.4, 0.5) is 15.8 Å². The molecule has 0 fully saturated rings. The number of aromatic nitrogens is 1. The Balaban J connectivity index is 1.95. The van der Waals surface area contributed by atoms with E-state index in [4.69, 9.17) is 0 Å². The minimum absolute atomic E-state index is 0.00764. The number of halogens is 1. The number of fused-ring (bicyclic) bond motifs is 1. The van der Waals surface area contributed by atoms with Crippen LogP contribution in [0.25, 0.3) is 10.9 Å². The molecule has 3 N–H and O–H groups in total. The lowest BCUT2D eigenvalue weighted by Gasteiger charge is -2.10. The third-order valence-electron chi connectivity index (χ3n) is 4.12. The Morgan fingerprint density at radius 2 is 1.84 bits per heavy atom. The van der Waals surface area contributed by atoms with Crippen molar-refractivity contribution < 1.29 is 14.0 Å². The molecule has 0 saturated carbocycles. The van der Waals surface area contributed by atoms with Crippen LogP contribution in [0.2, 0.25) is 0 Å². The quantitative estimate of drug-likeness (QED) is 0.671. The van der Waals surface area contributed by atoms with Crippen LogP contribution in [0.3, 0.4) is 0 Å². The summed E-state index contributed by atoms with van der Waals surface area (Å²) in [6, 6.07) is 9.43. The predicted octanol–water partition coefficient (Wildman–Crippen LogP) is 4.13. The minimum Gasteiger partial charge on any atom is -0.358 e. The van der Waals surface area contributed by atoms with Gasteiger partial charge in [-0.1, -0.05) is 12.1 Å². The topological polar surface area (TPSA) is 74.0 Å². The number of amides is 2. The lowest BCUT2D eigenvalue weighted by atomic mass is 10.1. The van der Waals surface area contributed by atoms with Gasteiger partial charge in [0.05, 0.1) is 16.8 Å². The van der Waals surface area contributed by atoms with Gasteiger partial charge in [-0.25, -0.2) is 4.39 Å². The summed E-state index contributed by atoms with van der Waals surface area (Å²) < 4.78 is 14.0. The third-order valence-corrected chi connectivity index (χ3v) is 4.12. The molecule has 1 heterocycles. The van der Waals surface area contributed by atoms with Crippen molar-refractivity contribution in [2.75, 3.05) is 10.6 Å². The number of carbonyl (C=O) groups is 2. The smallest absolute Gasteiger partial charge is 0.257 e. The molecule has 3 rings (SSSR count). The first-order chi connectivity index (χ1) is 11.9. The maximum absolute atomic E-state index is 14.0. The predicted molar refractivity (Wildman–Crippen MR) is 96.4 cm³/mol. The number of H-pyrrole nitrogens is 1. The molecule has 0 aliphatic carbocycles. The Morgan fingerprint density at radius 3 is 2.56 bits per heavy atom. The Hall–Kier alpha value is -3.15. The number of hydrogen-bond donors (Lipinski definition) is 3. The monoisotopic (exact) mass is 339 g/mol. The second-order valence-corrected chi connectivity index (χ2v) is 5.93. The van der Waals surface area contributed by atoms with Crippen LogP contribution in [-0.2, 0) is 4.79 Å². The molecule has 1 aromatic heterocycles. The highest BCUT2D eigenvalue weighted by atomic mass is 19.1. The zero-order valence-corrected chi connectivity index (χ0v) is 14.2. The number of rotatable bonds is 3. The number of hydrogen-bond acceptors (Lipinski definition) is 2. The maximum atomic E-state index is 14.0. The lowest BCUT2D eigenvalue weighted by Crippen LogP contribution is -2.14. The fraction of sp³-hybridized carbons (Fsp3) is 0.158. The summed E-state index contributed by atoms with van der Waals surface area (Å²) >= 11 is 0. The van der Waals surface area contributed by atoms with E-state index in [1.807, 2.05) is 19.9 Å². The van der Waals surface area contributed by atoms with Crippen molar-refractivity contribution in [2.45, 2.75) is 20.8 Å². The molecule has 0 atom stereocenters. The van der Waals surface area contributed by atoms with Crippen molar-refractivity contribution in [3.8, 4) is 0 Å². The van der Waals surface area contributed by atoms with Gasteiger partial charge >= 0.3 is 0 Å². The Morgan fingerprint density at radius 1 is 1.08 bits per heavy atom. The number of nitrogens with one attached hydrogen (secondary N) is 3. The van der Waals surface area contributed by atoms with Gasteiger partial charge in [0.15, 0.2) is 0 Å². The van der Waals surface area contributed by atoms with Gasteiger partial charge in [0.2, 0.25) is 5.91 Å². The maximum Gasteiger partial charge on any atom is 0.257 e. The summed E-state index contributed by atoms with van der Waals surface area (Å²) in [5, 5.41) is 6.09.